The molecule has 23 heavy (non-hydrogen) atoms. The molecule has 5 heteroatoms. The van der Waals surface area contributed by atoms with Gasteiger partial charge in [0.05, 0.1) is 6.54 Å². The molecule has 0 heterocycles. The summed E-state index contributed by atoms with van der Waals surface area (Å²) in [6.07, 6.45) is 0. The first kappa shape index (κ1) is 17.4. The third-order valence-electron chi connectivity index (χ3n) is 3.56. The normalized spacial score (nSPS) is 10.8. The van der Waals surface area contributed by atoms with E-state index in [-0.39, 0.29) is 24.8 Å². The van der Waals surface area contributed by atoms with Gasteiger partial charge < -0.3 is 4.90 Å². The minimum absolute atomic E-state index is 0.0512. The summed E-state index contributed by atoms with van der Waals surface area (Å²) in [6, 6.07) is 14.0. The lowest BCUT2D eigenvalue weighted by Crippen LogP contribution is -2.36. The highest BCUT2D eigenvalue weighted by atomic mass is 35.5. The van der Waals surface area contributed by atoms with Crippen molar-refractivity contribution in [2.45, 2.75) is 13.1 Å². The molecule has 0 N–H and O–H groups in total. The van der Waals surface area contributed by atoms with Crippen molar-refractivity contribution in [3.05, 3.63) is 70.5 Å². The molecule has 122 valence electrons. The van der Waals surface area contributed by atoms with Gasteiger partial charge in [0, 0.05) is 30.7 Å². The maximum absolute atomic E-state index is 13.6. The van der Waals surface area contributed by atoms with Gasteiger partial charge in [-0.15, -0.1) is 0 Å². The molecule has 2 aromatic carbocycles. The van der Waals surface area contributed by atoms with Crippen LogP contribution in [0.3, 0.4) is 0 Å². The Bertz CT molecular complexity index is 660. The van der Waals surface area contributed by atoms with E-state index >= 15 is 0 Å². The van der Waals surface area contributed by atoms with Gasteiger partial charge in [-0.05, 0) is 30.8 Å². The summed E-state index contributed by atoms with van der Waals surface area (Å²) in [5.74, 6) is -0.341. The van der Waals surface area contributed by atoms with Crippen molar-refractivity contribution >= 4 is 17.5 Å². The SMILES string of the molecule is CN(CC(=O)N(C)Cc1ccccc1F)Cc1ccc(Cl)cc1. The number of nitrogens with zero attached hydrogens (tertiary/aromatic N) is 2. The molecule has 2 rings (SSSR count). The molecular weight excluding hydrogens is 315 g/mol. The predicted molar refractivity (Wildman–Crippen MR) is 90.7 cm³/mol. The molecule has 0 saturated carbocycles. The third kappa shape index (κ3) is 5.34. The van der Waals surface area contributed by atoms with Gasteiger partial charge in [-0.2, -0.15) is 0 Å². The summed E-state index contributed by atoms with van der Waals surface area (Å²) in [4.78, 5) is 15.7. The molecule has 1 amide bonds. The molecule has 0 radical (unpaired) electrons. The van der Waals surface area contributed by atoms with E-state index < -0.39 is 0 Å². The Balaban J connectivity index is 1.87. The average molecular weight is 335 g/mol. The summed E-state index contributed by atoms with van der Waals surface area (Å²) < 4.78 is 13.6. The lowest BCUT2D eigenvalue weighted by atomic mass is 10.2. The van der Waals surface area contributed by atoms with Crippen molar-refractivity contribution in [1.82, 2.24) is 9.80 Å². The molecule has 0 saturated heterocycles. The van der Waals surface area contributed by atoms with Crippen molar-refractivity contribution in [2.75, 3.05) is 20.6 Å². The van der Waals surface area contributed by atoms with Crippen LogP contribution in [-0.4, -0.2) is 36.3 Å². The molecule has 3 nitrogen and oxygen atoms in total. The highest BCUT2D eigenvalue weighted by Gasteiger charge is 2.14. The molecule has 0 fully saturated rings. The second kappa shape index (κ2) is 8.09. The Hall–Kier alpha value is -1.91. The predicted octanol–water partition coefficient (Wildman–Crippen LogP) is 3.57. The Kier molecular flexibility index (Phi) is 6.13. The van der Waals surface area contributed by atoms with Crippen LogP contribution in [0.5, 0.6) is 0 Å². The van der Waals surface area contributed by atoms with E-state index in [1.165, 1.54) is 11.0 Å². The Morgan fingerprint density at radius 3 is 2.35 bits per heavy atom. The zero-order valence-electron chi connectivity index (χ0n) is 13.3. The van der Waals surface area contributed by atoms with Gasteiger partial charge in [0.2, 0.25) is 5.91 Å². The second-order valence-electron chi connectivity index (χ2n) is 5.64. The van der Waals surface area contributed by atoms with Gasteiger partial charge in [-0.25, -0.2) is 4.39 Å². The van der Waals surface area contributed by atoms with E-state index in [4.69, 9.17) is 11.6 Å². The summed E-state index contributed by atoms with van der Waals surface area (Å²) in [5, 5.41) is 0.692. The van der Waals surface area contributed by atoms with E-state index in [1.54, 1.807) is 25.2 Å². The van der Waals surface area contributed by atoms with Gasteiger partial charge in [0.25, 0.3) is 0 Å². The zero-order chi connectivity index (χ0) is 16.8. The van der Waals surface area contributed by atoms with Crippen LogP contribution in [-0.2, 0) is 17.9 Å². The Morgan fingerprint density at radius 2 is 1.70 bits per heavy atom. The van der Waals surface area contributed by atoms with E-state index in [0.717, 1.165) is 5.56 Å². The van der Waals surface area contributed by atoms with Crippen molar-refractivity contribution in [3.63, 3.8) is 0 Å². The molecule has 0 aliphatic carbocycles. The van der Waals surface area contributed by atoms with Crippen LogP contribution in [0.25, 0.3) is 0 Å². The lowest BCUT2D eigenvalue weighted by Gasteiger charge is -2.22. The molecule has 0 unspecified atom stereocenters. The van der Waals surface area contributed by atoms with Gasteiger partial charge >= 0.3 is 0 Å². The number of amides is 1. The highest BCUT2D eigenvalue weighted by Crippen LogP contribution is 2.12. The van der Waals surface area contributed by atoms with Crippen LogP contribution in [0.15, 0.2) is 48.5 Å². The van der Waals surface area contributed by atoms with E-state index in [1.807, 2.05) is 36.2 Å². The summed E-state index contributed by atoms with van der Waals surface area (Å²) >= 11 is 5.86. The fraction of sp³-hybridized carbons (Fsp3) is 0.278. The Morgan fingerprint density at radius 1 is 1.04 bits per heavy atom. The zero-order valence-corrected chi connectivity index (χ0v) is 14.1. The fourth-order valence-electron chi connectivity index (χ4n) is 2.28. The number of rotatable bonds is 6. The van der Waals surface area contributed by atoms with Gasteiger partial charge in [-0.3, -0.25) is 9.69 Å². The average Bonchev–Trinajstić information content (AvgIpc) is 2.51. The summed E-state index contributed by atoms with van der Waals surface area (Å²) in [7, 11) is 3.56. The van der Waals surface area contributed by atoms with Gasteiger partial charge in [-0.1, -0.05) is 41.9 Å². The number of hydrogen-bond donors (Lipinski definition) is 0. The molecule has 0 bridgehead atoms. The van der Waals surface area contributed by atoms with Crippen molar-refractivity contribution in [2.24, 2.45) is 0 Å². The maximum Gasteiger partial charge on any atom is 0.236 e. The summed E-state index contributed by atoms with van der Waals surface area (Å²) in [6.45, 7) is 1.18. The van der Waals surface area contributed by atoms with Crippen LogP contribution in [0.2, 0.25) is 5.02 Å². The molecular formula is C18H20ClFN2O. The minimum Gasteiger partial charge on any atom is -0.340 e. The Labute approximate surface area is 141 Å². The van der Waals surface area contributed by atoms with Crippen molar-refractivity contribution in [1.29, 1.82) is 0 Å². The first-order valence-electron chi connectivity index (χ1n) is 7.36. The molecule has 0 spiro atoms. The lowest BCUT2D eigenvalue weighted by molar-refractivity contribution is -0.131. The van der Waals surface area contributed by atoms with Gasteiger partial charge in [0.1, 0.15) is 5.82 Å². The van der Waals surface area contributed by atoms with Gasteiger partial charge in [0.15, 0.2) is 0 Å². The highest BCUT2D eigenvalue weighted by molar-refractivity contribution is 6.30. The standard InChI is InChI=1S/C18H20ClFN2O/c1-21(11-14-7-9-16(19)10-8-14)13-18(23)22(2)12-15-5-3-4-6-17(15)20/h3-10H,11-13H2,1-2H3. The van der Waals surface area contributed by atoms with Crippen LogP contribution in [0.4, 0.5) is 4.39 Å². The van der Waals surface area contributed by atoms with Crippen molar-refractivity contribution in [3.8, 4) is 0 Å². The molecule has 0 aliphatic rings. The first-order chi connectivity index (χ1) is 11.0. The topological polar surface area (TPSA) is 23.6 Å². The van der Waals surface area contributed by atoms with E-state index in [9.17, 15) is 9.18 Å². The monoisotopic (exact) mass is 334 g/mol. The van der Waals surface area contributed by atoms with Crippen LogP contribution in [0.1, 0.15) is 11.1 Å². The van der Waals surface area contributed by atoms with Crippen molar-refractivity contribution < 1.29 is 9.18 Å². The minimum atomic E-state index is -0.290. The number of hydrogen-bond acceptors (Lipinski definition) is 2. The largest absolute Gasteiger partial charge is 0.340 e. The maximum atomic E-state index is 13.6. The van der Waals surface area contributed by atoms with E-state index in [0.29, 0.717) is 17.1 Å². The fourth-order valence-corrected chi connectivity index (χ4v) is 2.41. The smallest absolute Gasteiger partial charge is 0.236 e. The molecule has 2 aromatic rings. The molecule has 0 aliphatic heterocycles. The molecule has 0 aromatic heterocycles. The van der Waals surface area contributed by atoms with Crippen LogP contribution < -0.4 is 0 Å². The number of halogens is 2. The molecule has 0 atom stereocenters. The number of carbonyl (C=O) groups is 1. The second-order valence-corrected chi connectivity index (χ2v) is 6.08. The number of benzene rings is 2. The van der Waals surface area contributed by atoms with Crippen LogP contribution >= 0.6 is 11.6 Å². The number of carbonyl (C=O) groups excluding carboxylic acids is 1. The summed E-state index contributed by atoms with van der Waals surface area (Å²) in [5.41, 5.74) is 1.60. The number of likely N-dealkylation sites (N-methyl/N-ethyl adjacent to an activating group) is 2. The third-order valence-corrected chi connectivity index (χ3v) is 3.81. The quantitative estimate of drug-likeness (QED) is 0.806. The van der Waals surface area contributed by atoms with E-state index in [2.05, 4.69) is 0 Å². The van der Waals surface area contributed by atoms with Crippen LogP contribution in [0, 0.1) is 5.82 Å². The first-order valence-corrected chi connectivity index (χ1v) is 7.74.